The normalized spacial score (nSPS) is 10.7. The van der Waals surface area contributed by atoms with Gasteiger partial charge in [0.15, 0.2) is 5.69 Å². The van der Waals surface area contributed by atoms with E-state index in [0.29, 0.717) is 29.3 Å². The minimum atomic E-state index is -0.368. The summed E-state index contributed by atoms with van der Waals surface area (Å²) in [6.45, 7) is 2.57. The molecular formula is C22H20N4O3. The van der Waals surface area contributed by atoms with E-state index >= 15 is 0 Å². The van der Waals surface area contributed by atoms with Crippen LogP contribution in [0.2, 0.25) is 0 Å². The summed E-state index contributed by atoms with van der Waals surface area (Å²) in [5.74, 6) is 0.889. The van der Waals surface area contributed by atoms with E-state index < -0.39 is 0 Å². The second-order valence-corrected chi connectivity index (χ2v) is 6.53. The molecule has 2 aromatic heterocycles. The van der Waals surface area contributed by atoms with Crippen molar-refractivity contribution in [3.63, 3.8) is 0 Å². The monoisotopic (exact) mass is 388 g/mol. The summed E-state index contributed by atoms with van der Waals surface area (Å²) >= 11 is 0. The Labute approximate surface area is 167 Å². The molecule has 0 saturated carbocycles. The number of benzene rings is 2. The van der Waals surface area contributed by atoms with E-state index in [1.165, 1.54) is 0 Å². The van der Waals surface area contributed by atoms with Crippen LogP contribution in [0, 0.1) is 6.92 Å². The molecule has 0 saturated heterocycles. The third-order valence-corrected chi connectivity index (χ3v) is 4.40. The molecule has 0 aliphatic carbocycles. The first kappa shape index (κ1) is 18.5. The van der Waals surface area contributed by atoms with Crippen molar-refractivity contribution in [1.82, 2.24) is 14.9 Å². The summed E-state index contributed by atoms with van der Waals surface area (Å²) in [6, 6.07) is 19.4. The van der Waals surface area contributed by atoms with E-state index in [1.807, 2.05) is 60.7 Å². The van der Waals surface area contributed by atoms with E-state index in [9.17, 15) is 4.79 Å². The Hall–Kier alpha value is -3.87. The van der Waals surface area contributed by atoms with Crippen molar-refractivity contribution in [3.8, 4) is 5.75 Å². The van der Waals surface area contributed by atoms with Crippen molar-refractivity contribution in [2.75, 3.05) is 5.32 Å². The number of nitrogens with one attached hydrogen (secondary N) is 1. The van der Waals surface area contributed by atoms with Gasteiger partial charge in [0, 0.05) is 6.20 Å². The lowest BCUT2D eigenvalue weighted by molar-refractivity contribution is 0.101. The Balaban J connectivity index is 1.42. The van der Waals surface area contributed by atoms with Gasteiger partial charge in [-0.2, -0.15) is 5.10 Å². The van der Waals surface area contributed by atoms with Gasteiger partial charge in [-0.1, -0.05) is 53.7 Å². The maximum Gasteiger partial charge on any atom is 0.278 e. The molecule has 2 heterocycles. The number of aromatic nitrogens is 3. The number of amides is 1. The minimum Gasteiger partial charge on any atom is -0.489 e. The SMILES string of the molecule is Cc1onc(C(=O)Nc2cnn(Cc3ccccc3)c2)c1COc1ccccc1. The van der Waals surface area contributed by atoms with E-state index in [-0.39, 0.29) is 18.2 Å². The Bertz CT molecular complexity index is 1090. The van der Waals surface area contributed by atoms with Crippen LogP contribution in [0.15, 0.2) is 77.6 Å². The van der Waals surface area contributed by atoms with Gasteiger partial charge in [0.05, 0.1) is 24.0 Å². The summed E-state index contributed by atoms with van der Waals surface area (Å²) < 4.78 is 12.7. The largest absolute Gasteiger partial charge is 0.489 e. The van der Waals surface area contributed by atoms with Gasteiger partial charge >= 0.3 is 0 Å². The fourth-order valence-corrected chi connectivity index (χ4v) is 2.89. The molecule has 2 aromatic carbocycles. The van der Waals surface area contributed by atoms with Crippen LogP contribution in [0.5, 0.6) is 5.75 Å². The zero-order valence-electron chi connectivity index (χ0n) is 15.9. The summed E-state index contributed by atoms with van der Waals surface area (Å²) in [6.07, 6.45) is 3.38. The number of rotatable bonds is 7. The molecule has 4 aromatic rings. The predicted molar refractivity (Wildman–Crippen MR) is 108 cm³/mol. The van der Waals surface area contributed by atoms with Crippen molar-refractivity contribution in [3.05, 3.63) is 95.6 Å². The standard InChI is InChI=1S/C22H20N4O3/c1-16-20(15-28-19-10-6-3-7-11-19)21(25-29-16)22(27)24-18-12-23-26(14-18)13-17-8-4-2-5-9-17/h2-12,14H,13,15H2,1H3,(H,24,27). The summed E-state index contributed by atoms with van der Waals surface area (Å²) in [4.78, 5) is 12.7. The maximum absolute atomic E-state index is 12.7. The molecule has 1 N–H and O–H groups in total. The summed E-state index contributed by atoms with van der Waals surface area (Å²) in [5.41, 5.74) is 2.53. The molecule has 0 aliphatic heterocycles. The number of aryl methyl sites for hydroxylation is 1. The highest BCUT2D eigenvalue weighted by atomic mass is 16.5. The third kappa shape index (κ3) is 4.52. The number of para-hydroxylation sites is 1. The zero-order valence-corrected chi connectivity index (χ0v) is 15.9. The first-order valence-electron chi connectivity index (χ1n) is 9.20. The Morgan fingerprint density at radius 2 is 1.83 bits per heavy atom. The maximum atomic E-state index is 12.7. The van der Waals surface area contributed by atoms with Crippen LogP contribution in [0.4, 0.5) is 5.69 Å². The van der Waals surface area contributed by atoms with Gasteiger partial charge in [0.25, 0.3) is 5.91 Å². The molecule has 0 fully saturated rings. The number of hydrogen-bond donors (Lipinski definition) is 1. The first-order chi connectivity index (χ1) is 14.2. The van der Waals surface area contributed by atoms with E-state index in [4.69, 9.17) is 9.26 Å². The lowest BCUT2D eigenvalue weighted by Gasteiger charge is -2.06. The van der Waals surface area contributed by atoms with Crippen LogP contribution < -0.4 is 10.1 Å². The third-order valence-electron chi connectivity index (χ3n) is 4.40. The Morgan fingerprint density at radius 1 is 1.10 bits per heavy atom. The molecule has 29 heavy (non-hydrogen) atoms. The van der Waals surface area contributed by atoms with Crippen molar-refractivity contribution in [2.24, 2.45) is 0 Å². The number of carbonyl (C=O) groups is 1. The molecule has 146 valence electrons. The second kappa shape index (κ2) is 8.43. The summed E-state index contributed by atoms with van der Waals surface area (Å²) in [5, 5.41) is 11.0. The van der Waals surface area contributed by atoms with Crippen LogP contribution in [-0.2, 0) is 13.2 Å². The molecule has 0 unspecified atom stereocenters. The fraction of sp³-hybridized carbons (Fsp3) is 0.136. The highest BCUT2D eigenvalue weighted by Gasteiger charge is 2.21. The minimum absolute atomic E-state index is 0.190. The molecule has 7 nitrogen and oxygen atoms in total. The Morgan fingerprint density at radius 3 is 2.59 bits per heavy atom. The number of nitrogens with zero attached hydrogens (tertiary/aromatic N) is 3. The van der Waals surface area contributed by atoms with Crippen LogP contribution in [-0.4, -0.2) is 20.8 Å². The topological polar surface area (TPSA) is 82.2 Å². The highest BCUT2D eigenvalue weighted by molar-refractivity contribution is 6.03. The van der Waals surface area contributed by atoms with Gasteiger partial charge in [-0.15, -0.1) is 0 Å². The molecule has 0 spiro atoms. The van der Waals surface area contributed by atoms with Gasteiger partial charge in [-0.3, -0.25) is 9.48 Å². The van der Waals surface area contributed by atoms with Crippen molar-refractivity contribution < 1.29 is 14.1 Å². The fourth-order valence-electron chi connectivity index (χ4n) is 2.89. The van der Waals surface area contributed by atoms with Crippen molar-refractivity contribution in [2.45, 2.75) is 20.1 Å². The number of hydrogen-bond acceptors (Lipinski definition) is 5. The average molecular weight is 388 g/mol. The molecule has 4 rings (SSSR count). The number of carbonyl (C=O) groups excluding carboxylic acids is 1. The van der Waals surface area contributed by atoms with E-state index in [1.54, 1.807) is 24.0 Å². The highest BCUT2D eigenvalue weighted by Crippen LogP contribution is 2.19. The van der Waals surface area contributed by atoms with Crippen LogP contribution in [0.1, 0.15) is 27.4 Å². The van der Waals surface area contributed by atoms with Gasteiger partial charge in [-0.25, -0.2) is 0 Å². The molecule has 7 heteroatoms. The van der Waals surface area contributed by atoms with Gasteiger partial charge in [-0.05, 0) is 24.6 Å². The van der Waals surface area contributed by atoms with Crippen molar-refractivity contribution in [1.29, 1.82) is 0 Å². The van der Waals surface area contributed by atoms with Crippen molar-refractivity contribution >= 4 is 11.6 Å². The van der Waals surface area contributed by atoms with Crippen LogP contribution in [0.25, 0.3) is 0 Å². The second-order valence-electron chi connectivity index (χ2n) is 6.53. The molecule has 0 bridgehead atoms. The smallest absolute Gasteiger partial charge is 0.278 e. The molecule has 0 atom stereocenters. The van der Waals surface area contributed by atoms with Crippen LogP contribution in [0.3, 0.4) is 0 Å². The number of anilines is 1. The van der Waals surface area contributed by atoms with Gasteiger partial charge in [0.1, 0.15) is 18.1 Å². The Kier molecular flexibility index (Phi) is 5.38. The molecular weight excluding hydrogens is 368 g/mol. The quantitative estimate of drug-likeness (QED) is 0.516. The van der Waals surface area contributed by atoms with Gasteiger partial charge in [0.2, 0.25) is 0 Å². The van der Waals surface area contributed by atoms with Crippen LogP contribution >= 0.6 is 0 Å². The van der Waals surface area contributed by atoms with Gasteiger partial charge < -0.3 is 14.6 Å². The van der Waals surface area contributed by atoms with E-state index in [2.05, 4.69) is 15.6 Å². The number of ether oxygens (including phenoxy) is 1. The molecule has 1 amide bonds. The zero-order chi connectivity index (χ0) is 20.1. The summed E-state index contributed by atoms with van der Waals surface area (Å²) in [7, 11) is 0. The predicted octanol–water partition coefficient (Wildman–Crippen LogP) is 4.06. The van der Waals surface area contributed by atoms with E-state index in [0.717, 1.165) is 5.56 Å². The average Bonchev–Trinajstić information content (AvgIpc) is 3.34. The lowest BCUT2D eigenvalue weighted by atomic mass is 10.2. The molecule has 0 radical (unpaired) electrons. The first-order valence-corrected chi connectivity index (χ1v) is 9.20. The lowest BCUT2D eigenvalue weighted by Crippen LogP contribution is -2.15. The molecule has 0 aliphatic rings.